The Kier molecular flexibility index (Phi) is 5.52. The van der Waals surface area contributed by atoms with Crippen LogP contribution in [0.2, 0.25) is 0 Å². The molecule has 3 rings (SSSR count). The molecule has 2 amide bonds. The second-order valence-corrected chi connectivity index (χ2v) is 6.21. The molecular formula is C22H20N2O3. The minimum atomic E-state index is -0.435. The number of hydrogen-bond acceptors (Lipinski definition) is 3. The van der Waals surface area contributed by atoms with Crippen molar-refractivity contribution >= 4 is 23.6 Å². The molecule has 0 unspecified atom stereocenters. The maximum absolute atomic E-state index is 12.7. The summed E-state index contributed by atoms with van der Waals surface area (Å²) in [5.41, 5.74) is 3.34. The van der Waals surface area contributed by atoms with Crippen LogP contribution in [-0.2, 0) is 4.79 Å². The highest BCUT2D eigenvalue weighted by molar-refractivity contribution is 6.10. The molecule has 1 heterocycles. The molecule has 0 atom stereocenters. The lowest BCUT2D eigenvalue weighted by Crippen LogP contribution is -2.30. The van der Waals surface area contributed by atoms with Crippen LogP contribution in [0.3, 0.4) is 0 Å². The lowest BCUT2D eigenvalue weighted by molar-refractivity contribution is -0.113. The molecule has 27 heavy (non-hydrogen) atoms. The minimum absolute atomic E-state index is 0.0936. The van der Waals surface area contributed by atoms with Gasteiger partial charge in [-0.15, -0.1) is 0 Å². The number of nitrogens with one attached hydrogen (secondary N) is 2. The van der Waals surface area contributed by atoms with Crippen molar-refractivity contribution < 1.29 is 14.0 Å². The molecule has 0 fully saturated rings. The molecule has 0 saturated carbocycles. The molecule has 0 aliphatic carbocycles. The van der Waals surface area contributed by atoms with Gasteiger partial charge in [0.25, 0.3) is 11.8 Å². The monoisotopic (exact) mass is 360 g/mol. The fourth-order valence-electron chi connectivity index (χ4n) is 2.41. The third kappa shape index (κ3) is 4.95. The number of amides is 2. The van der Waals surface area contributed by atoms with E-state index in [2.05, 4.69) is 10.6 Å². The summed E-state index contributed by atoms with van der Waals surface area (Å²) in [5, 5.41) is 5.46. The van der Waals surface area contributed by atoms with Gasteiger partial charge in [-0.25, -0.2) is 0 Å². The summed E-state index contributed by atoms with van der Waals surface area (Å²) in [6, 6.07) is 17.9. The van der Waals surface area contributed by atoms with Crippen LogP contribution in [0.25, 0.3) is 6.08 Å². The Hall–Kier alpha value is -3.60. The number of carbonyl (C=O) groups is 2. The van der Waals surface area contributed by atoms with Gasteiger partial charge in [-0.3, -0.25) is 9.59 Å². The molecule has 2 aromatic carbocycles. The summed E-state index contributed by atoms with van der Waals surface area (Å²) in [6.45, 7) is 3.91. The first-order chi connectivity index (χ1) is 13.0. The van der Waals surface area contributed by atoms with Crippen molar-refractivity contribution in [3.63, 3.8) is 0 Å². The van der Waals surface area contributed by atoms with Gasteiger partial charge in [0.05, 0.1) is 6.26 Å². The van der Waals surface area contributed by atoms with E-state index in [1.807, 2.05) is 38.1 Å². The fraction of sp³-hybridized carbons (Fsp3) is 0.0909. The smallest absolute Gasteiger partial charge is 0.272 e. The number of hydrogen-bond donors (Lipinski definition) is 2. The summed E-state index contributed by atoms with van der Waals surface area (Å²) in [4.78, 5) is 25.2. The summed E-state index contributed by atoms with van der Waals surface area (Å²) in [6.07, 6.45) is 3.00. The molecule has 136 valence electrons. The van der Waals surface area contributed by atoms with Gasteiger partial charge in [0.1, 0.15) is 11.5 Å². The van der Waals surface area contributed by atoms with Crippen LogP contribution in [0, 0.1) is 13.8 Å². The van der Waals surface area contributed by atoms with Crippen LogP contribution in [0.15, 0.2) is 77.0 Å². The summed E-state index contributed by atoms with van der Waals surface area (Å²) in [7, 11) is 0. The molecule has 1 aromatic heterocycles. The van der Waals surface area contributed by atoms with E-state index in [1.165, 1.54) is 12.3 Å². The Morgan fingerprint density at radius 3 is 2.11 bits per heavy atom. The zero-order valence-electron chi connectivity index (χ0n) is 15.2. The maximum Gasteiger partial charge on any atom is 0.272 e. The molecule has 0 aliphatic rings. The zero-order chi connectivity index (χ0) is 19.2. The van der Waals surface area contributed by atoms with Crippen LogP contribution < -0.4 is 10.6 Å². The first kappa shape index (κ1) is 18.2. The van der Waals surface area contributed by atoms with Crippen LogP contribution in [0.5, 0.6) is 0 Å². The normalized spacial score (nSPS) is 11.1. The van der Waals surface area contributed by atoms with Crippen molar-refractivity contribution in [2.24, 2.45) is 0 Å². The largest absolute Gasteiger partial charge is 0.465 e. The molecule has 2 N–H and O–H groups in total. The van der Waals surface area contributed by atoms with Crippen LogP contribution in [0.1, 0.15) is 27.2 Å². The topological polar surface area (TPSA) is 71.3 Å². The van der Waals surface area contributed by atoms with Gasteiger partial charge < -0.3 is 15.1 Å². The lowest BCUT2D eigenvalue weighted by atomic mass is 10.1. The van der Waals surface area contributed by atoms with Gasteiger partial charge >= 0.3 is 0 Å². The molecule has 0 saturated heterocycles. The Labute approximate surface area is 157 Å². The van der Waals surface area contributed by atoms with Gasteiger partial charge in [0, 0.05) is 17.3 Å². The molecule has 0 aliphatic heterocycles. The van der Waals surface area contributed by atoms with E-state index in [0.717, 1.165) is 11.1 Å². The Morgan fingerprint density at radius 2 is 1.52 bits per heavy atom. The van der Waals surface area contributed by atoms with Crippen molar-refractivity contribution in [3.8, 4) is 0 Å². The third-order valence-electron chi connectivity index (χ3n) is 3.95. The Morgan fingerprint density at radius 1 is 0.889 bits per heavy atom. The van der Waals surface area contributed by atoms with Crippen molar-refractivity contribution in [1.29, 1.82) is 0 Å². The average Bonchev–Trinajstić information content (AvgIpc) is 3.16. The highest BCUT2D eigenvalue weighted by Gasteiger charge is 2.15. The molecule has 5 heteroatoms. The van der Waals surface area contributed by atoms with E-state index < -0.39 is 5.91 Å². The van der Waals surface area contributed by atoms with Crippen molar-refractivity contribution in [3.05, 3.63) is 95.1 Å². The van der Waals surface area contributed by atoms with Gasteiger partial charge in [-0.2, -0.15) is 0 Å². The summed E-state index contributed by atoms with van der Waals surface area (Å²) in [5.74, 6) is -0.337. The van der Waals surface area contributed by atoms with Crippen LogP contribution >= 0.6 is 0 Å². The molecule has 3 aromatic rings. The second kappa shape index (κ2) is 8.19. The summed E-state index contributed by atoms with van der Waals surface area (Å²) >= 11 is 0. The van der Waals surface area contributed by atoms with Crippen molar-refractivity contribution in [2.75, 3.05) is 5.32 Å². The highest BCUT2D eigenvalue weighted by Crippen LogP contribution is 2.13. The van der Waals surface area contributed by atoms with Gasteiger partial charge in [0.2, 0.25) is 0 Å². The van der Waals surface area contributed by atoms with Crippen LogP contribution in [0.4, 0.5) is 5.69 Å². The lowest BCUT2D eigenvalue weighted by Gasteiger charge is -2.11. The maximum atomic E-state index is 12.7. The zero-order valence-corrected chi connectivity index (χ0v) is 15.2. The van der Waals surface area contributed by atoms with E-state index in [4.69, 9.17) is 4.42 Å². The second-order valence-electron chi connectivity index (χ2n) is 6.21. The summed E-state index contributed by atoms with van der Waals surface area (Å²) < 4.78 is 5.28. The van der Waals surface area contributed by atoms with E-state index in [0.29, 0.717) is 17.0 Å². The number of carbonyl (C=O) groups excluding carboxylic acids is 2. The number of furan rings is 1. The van der Waals surface area contributed by atoms with Gasteiger partial charge in [-0.1, -0.05) is 35.4 Å². The number of anilines is 1. The number of aryl methyl sites for hydroxylation is 2. The SMILES string of the molecule is Cc1ccc(NC(=O)/C(=C/c2ccco2)NC(=O)c2ccc(C)cc2)cc1. The molecule has 0 spiro atoms. The van der Waals surface area contributed by atoms with E-state index >= 15 is 0 Å². The quantitative estimate of drug-likeness (QED) is 0.666. The number of rotatable bonds is 5. The van der Waals surface area contributed by atoms with Crippen molar-refractivity contribution in [1.82, 2.24) is 5.32 Å². The third-order valence-corrected chi connectivity index (χ3v) is 3.95. The first-order valence-electron chi connectivity index (χ1n) is 8.52. The van der Waals surface area contributed by atoms with E-state index in [1.54, 1.807) is 36.4 Å². The molecule has 0 bridgehead atoms. The molecule has 5 nitrogen and oxygen atoms in total. The molecule has 0 radical (unpaired) electrons. The highest BCUT2D eigenvalue weighted by atomic mass is 16.3. The van der Waals surface area contributed by atoms with Gasteiger partial charge in [-0.05, 0) is 50.2 Å². The minimum Gasteiger partial charge on any atom is -0.465 e. The fourth-order valence-corrected chi connectivity index (χ4v) is 2.41. The predicted octanol–water partition coefficient (Wildman–Crippen LogP) is 4.31. The molecular weight excluding hydrogens is 340 g/mol. The Bertz CT molecular complexity index is 954. The predicted molar refractivity (Wildman–Crippen MR) is 105 cm³/mol. The van der Waals surface area contributed by atoms with Gasteiger partial charge in [0.15, 0.2) is 0 Å². The van der Waals surface area contributed by atoms with Crippen molar-refractivity contribution in [2.45, 2.75) is 13.8 Å². The first-order valence-corrected chi connectivity index (χ1v) is 8.52. The Balaban J connectivity index is 1.82. The standard InChI is InChI=1S/C22H20N2O3/c1-15-5-9-17(10-6-15)21(25)24-20(14-19-4-3-13-27-19)22(26)23-18-11-7-16(2)8-12-18/h3-14H,1-2H3,(H,23,26)(H,24,25)/b20-14-. The van der Waals surface area contributed by atoms with E-state index in [-0.39, 0.29) is 11.6 Å². The van der Waals surface area contributed by atoms with Crippen LogP contribution in [-0.4, -0.2) is 11.8 Å². The van der Waals surface area contributed by atoms with E-state index in [9.17, 15) is 9.59 Å². The average molecular weight is 360 g/mol. The number of benzene rings is 2.